The van der Waals surface area contributed by atoms with Crippen LogP contribution in [0, 0.1) is 0 Å². The number of methoxy groups -OCH3 is 2. The molecule has 1 aliphatic heterocycles. The Morgan fingerprint density at radius 2 is 2.08 bits per heavy atom. The van der Waals surface area contributed by atoms with E-state index in [-0.39, 0.29) is 12.1 Å². The molecule has 0 saturated carbocycles. The molecule has 1 N–H and O–H groups in total. The van der Waals surface area contributed by atoms with E-state index in [2.05, 4.69) is 12.2 Å². The van der Waals surface area contributed by atoms with E-state index in [9.17, 15) is 4.79 Å². The van der Waals surface area contributed by atoms with Gasteiger partial charge in [-0.1, -0.05) is 26.2 Å². The van der Waals surface area contributed by atoms with Crippen LogP contribution in [0.2, 0.25) is 0 Å². The van der Waals surface area contributed by atoms with Crippen LogP contribution in [-0.4, -0.2) is 38.2 Å². The van der Waals surface area contributed by atoms with Crippen LogP contribution in [-0.2, 0) is 0 Å². The number of unbranched alkanes of at least 4 members (excludes halogenated alkanes) is 3. The maximum Gasteiger partial charge on any atom is 0.317 e. The highest BCUT2D eigenvalue weighted by Gasteiger charge is 2.31. The molecule has 134 valence electrons. The molecule has 1 aromatic rings. The summed E-state index contributed by atoms with van der Waals surface area (Å²) in [5, 5.41) is 3.06. The minimum absolute atomic E-state index is 0.0341. The van der Waals surface area contributed by atoms with E-state index in [4.69, 9.17) is 9.47 Å². The van der Waals surface area contributed by atoms with Gasteiger partial charge in [-0.3, -0.25) is 0 Å². The molecule has 2 amide bonds. The van der Waals surface area contributed by atoms with Crippen LogP contribution in [0.15, 0.2) is 18.2 Å². The normalized spacial score (nSPS) is 17.0. The summed E-state index contributed by atoms with van der Waals surface area (Å²) in [7, 11) is 3.30. The summed E-state index contributed by atoms with van der Waals surface area (Å²) in [4.78, 5) is 14.5. The Morgan fingerprint density at radius 1 is 1.25 bits per heavy atom. The van der Waals surface area contributed by atoms with Gasteiger partial charge in [0.2, 0.25) is 0 Å². The summed E-state index contributed by atoms with van der Waals surface area (Å²) in [6, 6.07) is 5.93. The van der Waals surface area contributed by atoms with Crippen LogP contribution in [0.3, 0.4) is 0 Å². The molecule has 0 spiro atoms. The van der Waals surface area contributed by atoms with Crippen LogP contribution in [0.5, 0.6) is 11.5 Å². The number of carbonyl (C=O) groups excluding carboxylic acids is 1. The second-order valence-corrected chi connectivity index (χ2v) is 6.25. The summed E-state index contributed by atoms with van der Waals surface area (Å²) in [6.45, 7) is 3.73. The predicted molar refractivity (Wildman–Crippen MR) is 95.8 cm³/mol. The third-order valence-corrected chi connectivity index (χ3v) is 4.62. The number of nitrogens with zero attached hydrogens (tertiary/aromatic N) is 1. The maximum atomic E-state index is 12.5. The Kier molecular flexibility index (Phi) is 7.22. The molecule has 0 aromatic heterocycles. The van der Waals surface area contributed by atoms with Crippen molar-refractivity contribution in [3.63, 3.8) is 0 Å². The van der Waals surface area contributed by atoms with E-state index in [1.807, 2.05) is 23.1 Å². The van der Waals surface area contributed by atoms with Crippen LogP contribution in [0.4, 0.5) is 4.79 Å². The molecule has 0 bridgehead atoms. The minimum Gasteiger partial charge on any atom is -0.497 e. The molecular formula is C19H30N2O3. The summed E-state index contributed by atoms with van der Waals surface area (Å²) < 4.78 is 10.8. The highest BCUT2D eigenvalue weighted by Crippen LogP contribution is 2.38. The van der Waals surface area contributed by atoms with E-state index in [0.717, 1.165) is 49.4 Å². The molecule has 1 aliphatic rings. The zero-order valence-electron chi connectivity index (χ0n) is 15.1. The first kappa shape index (κ1) is 18.4. The van der Waals surface area contributed by atoms with Gasteiger partial charge in [-0.05, 0) is 31.4 Å². The molecule has 0 aliphatic carbocycles. The lowest BCUT2D eigenvalue weighted by atomic mass is 10.0. The number of urea groups is 1. The summed E-state index contributed by atoms with van der Waals surface area (Å²) in [5.74, 6) is 1.54. The topological polar surface area (TPSA) is 50.8 Å². The Balaban J connectivity index is 2.00. The number of hydrogen-bond donors (Lipinski definition) is 1. The number of ether oxygens (including phenoxy) is 2. The molecule has 2 rings (SSSR count). The Bertz CT molecular complexity index is 533. The van der Waals surface area contributed by atoms with E-state index in [0.29, 0.717) is 0 Å². The fraction of sp³-hybridized carbons (Fsp3) is 0.632. The van der Waals surface area contributed by atoms with Gasteiger partial charge in [0.1, 0.15) is 11.5 Å². The number of rotatable bonds is 8. The van der Waals surface area contributed by atoms with E-state index in [1.165, 1.54) is 19.3 Å². The van der Waals surface area contributed by atoms with Crippen molar-refractivity contribution in [1.82, 2.24) is 10.2 Å². The lowest BCUT2D eigenvalue weighted by Crippen LogP contribution is -2.39. The molecule has 5 heteroatoms. The second kappa shape index (κ2) is 9.40. The zero-order valence-corrected chi connectivity index (χ0v) is 15.1. The lowest BCUT2D eigenvalue weighted by molar-refractivity contribution is 0.192. The largest absolute Gasteiger partial charge is 0.497 e. The van der Waals surface area contributed by atoms with Crippen LogP contribution >= 0.6 is 0 Å². The first-order chi connectivity index (χ1) is 11.7. The predicted octanol–water partition coefficient (Wildman–Crippen LogP) is 4.13. The number of hydrogen-bond acceptors (Lipinski definition) is 3. The van der Waals surface area contributed by atoms with E-state index >= 15 is 0 Å². The first-order valence-electron chi connectivity index (χ1n) is 8.97. The Hall–Kier alpha value is -1.91. The van der Waals surface area contributed by atoms with Gasteiger partial charge in [0.15, 0.2) is 0 Å². The van der Waals surface area contributed by atoms with Crippen molar-refractivity contribution >= 4 is 6.03 Å². The minimum atomic E-state index is 0.0341. The van der Waals surface area contributed by atoms with Gasteiger partial charge >= 0.3 is 6.03 Å². The third kappa shape index (κ3) is 4.56. The number of likely N-dealkylation sites (tertiary alicyclic amines) is 1. The molecule has 1 unspecified atom stereocenters. The standard InChI is InChI=1S/C19H30N2O3/c1-4-5-6-7-12-20-19(22)21-13-8-9-17(21)16-11-10-15(23-2)14-18(16)24-3/h10-11,14,17H,4-9,12-13H2,1-3H3,(H,20,22). The van der Waals surface area contributed by atoms with Crippen molar-refractivity contribution in [2.45, 2.75) is 51.5 Å². The van der Waals surface area contributed by atoms with Crippen molar-refractivity contribution in [3.05, 3.63) is 23.8 Å². The van der Waals surface area contributed by atoms with Crippen molar-refractivity contribution in [2.24, 2.45) is 0 Å². The molecule has 1 atom stereocenters. The fourth-order valence-corrected chi connectivity index (χ4v) is 3.28. The van der Waals surface area contributed by atoms with Crippen LogP contribution < -0.4 is 14.8 Å². The van der Waals surface area contributed by atoms with Crippen molar-refractivity contribution in [1.29, 1.82) is 0 Å². The molecule has 0 radical (unpaired) electrons. The lowest BCUT2D eigenvalue weighted by Gasteiger charge is -2.26. The van der Waals surface area contributed by atoms with Crippen molar-refractivity contribution in [2.75, 3.05) is 27.3 Å². The van der Waals surface area contributed by atoms with Crippen molar-refractivity contribution < 1.29 is 14.3 Å². The zero-order chi connectivity index (χ0) is 17.4. The molecule has 24 heavy (non-hydrogen) atoms. The smallest absolute Gasteiger partial charge is 0.317 e. The Morgan fingerprint density at radius 3 is 2.79 bits per heavy atom. The summed E-state index contributed by atoms with van der Waals surface area (Å²) in [5.41, 5.74) is 1.05. The number of carbonyl (C=O) groups is 1. The molecule has 1 heterocycles. The van der Waals surface area contributed by atoms with Crippen LogP contribution in [0.25, 0.3) is 0 Å². The SMILES string of the molecule is CCCCCCNC(=O)N1CCCC1c1ccc(OC)cc1OC. The van der Waals surface area contributed by atoms with Gasteiger partial charge in [-0.15, -0.1) is 0 Å². The summed E-state index contributed by atoms with van der Waals surface area (Å²) >= 11 is 0. The maximum absolute atomic E-state index is 12.5. The molecular weight excluding hydrogens is 304 g/mol. The average Bonchev–Trinajstić information content (AvgIpc) is 3.10. The summed E-state index contributed by atoms with van der Waals surface area (Å²) in [6.07, 6.45) is 6.64. The molecule has 1 saturated heterocycles. The van der Waals surface area contributed by atoms with E-state index < -0.39 is 0 Å². The molecule has 1 aromatic carbocycles. The first-order valence-corrected chi connectivity index (χ1v) is 8.97. The van der Waals surface area contributed by atoms with Gasteiger partial charge < -0.3 is 19.7 Å². The molecule has 1 fully saturated rings. The van der Waals surface area contributed by atoms with Gasteiger partial charge in [-0.25, -0.2) is 4.79 Å². The second-order valence-electron chi connectivity index (χ2n) is 6.25. The highest BCUT2D eigenvalue weighted by atomic mass is 16.5. The van der Waals surface area contributed by atoms with Gasteiger partial charge in [0, 0.05) is 24.7 Å². The number of nitrogens with one attached hydrogen (secondary N) is 1. The molecule has 5 nitrogen and oxygen atoms in total. The van der Waals surface area contributed by atoms with Gasteiger partial charge in [0.05, 0.1) is 20.3 Å². The quantitative estimate of drug-likeness (QED) is 0.727. The third-order valence-electron chi connectivity index (χ3n) is 4.62. The highest BCUT2D eigenvalue weighted by molar-refractivity contribution is 5.75. The number of benzene rings is 1. The fourth-order valence-electron chi connectivity index (χ4n) is 3.28. The van der Waals surface area contributed by atoms with Gasteiger partial charge in [0.25, 0.3) is 0 Å². The monoisotopic (exact) mass is 334 g/mol. The Labute approximate surface area is 145 Å². The van der Waals surface area contributed by atoms with E-state index in [1.54, 1.807) is 14.2 Å². The van der Waals surface area contributed by atoms with Crippen molar-refractivity contribution in [3.8, 4) is 11.5 Å². The van der Waals surface area contributed by atoms with Gasteiger partial charge in [-0.2, -0.15) is 0 Å². The number of amides is 2. The average molecular weight is 334 g/mol. The van der Waals surface area contributed by atoms with Crippen LogP contribution in [0.1, 0.15) is 57.1 Å².